The summed E-state index contributed by atoms with van der Waals surface area (Å²) in [4.78, 5) is 21.1. The summed E-state index contributed by atoms with van der Waals surface area (Å²) in [5.41, 5.74) is 0. The summed E-state index contributed by atoms with van der Waals surface area (Å²) >= 11 is 0. The Kier molecular flexibility index (Phi) is 6.20. The predicted molar refractivity (Wildman–Crippen MR) is 50.3 cm³/mol. The fraction of sp³-hybridized carbons (Fsp3) is 0.800. The van der Waals surface area contributed by atoms with Crippen molar-refractivity contribution in [2.75, 3.05) is 6.61 Å². The molecule has 0 aliphatic carbocycles. The fourth-order valence-electron chi connectivity index (χ4n) is 1.04. The van der Waals surface area contributed by atoms with Crippen LogP contribution in [0.5, 0.6) is 0 Å². The number of ketones is 1. The highest BCUT2D eigenvalue weighted by Gasteiger charge is 2.04. The minimum atomic E-state index is -0.238. The molecule has 0 radical (unpaired) electrons. The first-order valence-corrected chi connectivity index (χ1v) is 4.65. The largest absolute Gasteiger partial charge is 0.466 e. The Balaban J connectivity index is 3.35. The first kappa shape index (κ1) is 12.1. The van der Waals surface area contributed by atoms with E-state index in [-0.39, 0.29) is 11.8 Å². The normalized spacial score (nSPS) is 12.2. The van der Waals surface area contributed by atoms with Gasteiger partial charge in [0.05, 0.1) is 6.61 Å². The quantitative estimate of drug-likeness (QED) is 0.595. The van der Waals surface area contributed by atoms with Gasteiger partial charge in [-0.15, -0.1) is 0 Å². The molecule has 1 atom stereocenters. The van der Waals surface area contributed by atoms with Crippen molar-refractivity contribution in [2.45, 2.75) is 40.0 Å². The summed E-state index contributed by atoms with van der Waals surface area (Å²) in [5.74, 6) is 0.335. The van der Waals surface area contributed by atoms with Crippen molar-refractivity contribution < 1.29 is 14.3 Å². The minimum absolute atomic E-state index is 0.222. The van der Waals surface area contributed by atoms with Crippen LogP contribution in [0.1, 0.15) is 40.0 Å². The Labute approximate surface area is 79.5 Å². The zero-order valence-electron chi connectivity index (χ0n) is 8.63. The molecule has 0 aliphatic heterocycles. The Bertz CT molecular complexity index is 175. The van der Waals surface area contributed by atoms with Crippen molar-refractivity contribution in [1.29, 1.82) is 0 Å². The highest BCUT2D eigenvalue weighted by molar-refractivity contribution is 5.75. The third-order valence-electron chi connectivity index (χ3n) is 1.80. The SMILES string of the molecule is CC(=O)CCCC(C)COC(C)=O. The van der Waals surface area contributed by atoms with Crippen molar-refractivity contribution in [1.82, 2.24) is 0 Å². The van der Waals surface area contributed by atoms with Gasteiger partial charge in [0.25, 0.3) is 0 Å². The van der Waals surface area contributed by atoms with Crippen LogP contribution in [-0.4, -0.2) is 18.4 Å². The number of rotatable bonds is 6. The molecule has 0 aromatic heterocycles. The molecule has 76 valence electrons. The summed E-state index contributed by atoms with van der Waals surface area (Å²) in [6, 6.07) is 0. The lowest BCUT2D eigenvalue weighted by Crippen LogP contribution is -2.09. The molecule has 0 rings (SSSR count). The molecular weight excluding hydrogens is 168 g/mol. The first-order valence-electron chi connectivity index (χ1n) is 4.65. The maximum Gasteiger partial charge on any atom is 0.302 e. The number of hydrogen-bond donors (Lipinski definition) is 0. The molecule has 0 aromatic carbocycles. The smallest absolute Gasteiger partial charge is 0.302 e. The van der Waals surface area contributed by atoms with Gasteiger partial charge in [-0.05, 0) is 25.7 Å². The molecule has 0 aliphatic rings. The van der Waals surface area contributed by atoms with E-state index in [0.717, 1.165) is 12.8 Å². The van der Waals surface area contributed by atoms with E-state index < -0.39 is 0 Å². The predicted octanol–water partition coefficient (Wildman–Crippen LogP) is 1.94. The third-order valence-corrected chi connectivity index (χ3v) is 1.80. The minimum Gasteiger partial charge on any atom is -0.466 e. The molecule has 0 heterocycles. The van der Waals surface area contributed by atoms with E-state index in [9.17, 15) is 9.59 Å². The Morgan fingerprint density at radius 1 is 1.31 bits per heavy atom. The number of carbonyl (C=O) groups excluding carboxylic acids is 2. The van der Waals surface area contributed by atoms with Gasteiger partial charge in [-0.2, -0.15) is 0 Å². The van der Waals surface area contributed by atoms with E-state index >= 15 is 0 Å². The first-order chi connectivity index (χ1) is 6.02. The van der Waals surface area contributed by atoms with E-state index in [1.807, 2.05) is 6.92 Å². The third kappa shape index (κ3) is 9.05. The van der Waals surface area contributed by atoms with Gasteiger partial charge in [0.1, 0.15) is 5.78 Å². The van der Waals surface area contributed by atoms with E-state index in [1.54, 1.807) is 6.92 Å². The van der Waals surface area contributed by atoms with Crippen LogP contribution in [0.4, 0.5) is 0 Å². The molecule has 0 saturated carbocycles. The summed E-state index contributed by atoms with van der Waals surface area (Å²) in [6.07, 6.45) is 2.45. The lowest BCUT2D eigenvalue weighted by atomic mass is 10.0. The van der Waals surface area contributed by atoms with Gasteiger partial charge in [-0.1, -0.05) is 6.92 Å². The molecule has 3 heteroatoms. The van der Waals surface area contributed by atoms with Crippen molar-refractivity contribution in [3.63, 3.8) is 0 Å². The molecule has 0 fully saturated rings. The zero-order valence-corrected chi connectivity index (χ0v) is 8.63. The second-order valence-corrected chi connectivity index (χ2v) is 3.50. The lowest BCUT2D eigenvalue weighted by molar-refractivity contribution is -0.142. The van der Waals surface area contributed by atoms with Gasteiger partial charge in [0.15, 0.2) is 0 Å². The van der Waals surface area contributed by atoms with Gasteiger partial charge in [0.2, 0.25) is 0 Å². The van der Waals surface area contributed by atoms with Crippen LogP contribution in [0.2, 0.25) is 0 Å². The number of Topliss-reactive ketones (excluding diaryl/α,β-unsaturated/α-hetero) is 1. The highest BCUT2D eigenvalue weighted by Crippen LogP contribution is 2.08. The van der Waals surface area contributed by atoms with Crippen LogP contribution in [0.25, 0.3) is 0 Å². The van der Waals surface area contributed by atoms with Crippen LogP contribution < -0.4 is 0 Å². The number of hydrogen-bond acceptors (Lipinski definition) is 3. The second-order valence-electron chi connectivity index (χ2n) is 3.50. The van der Waals surface area contributed by atoms with Crippen molar-refractivity contribution in [2.24, 2.45) is 5.92 Å². The standard InChI is InChI=1S/C10H18O3/c1-8(7-13-10(3)12)5-4-6-9(2)11/h8H,4-7H2,1-3H3. The number of carbonyl (C=O) groups is 2. The van der Waals surface area contributed by atoms with E-state index in [4.69, 9.17) is 4.74 Å². The Morgan fingerprint density at radius 3 is 2.38 bits per heavy atom. The Hall–Kier alpha value is -0.860. The molecule has 13 heavy (non-hydrogen) atoms. The van der Waals surface area contributed by atoms with Crippen molar-refractivity contribution in [3.8, 4) is 0 Å². The summed E-state index contributed by atoms with van der Waals surface area (Å²) < 4.78 is 4.84. The topological polar surface area (TPSA) is 43.4 Å². The lowest BCUT2D eigenvalue weighted by Gasteiger charge is -2.09. The average Bonchev–Trinajstić information content (AvgIpc) is 2.00. The maximum absolute atomic E-state index is 10.6. The molecule has 3 nitrogen and oxygen atoms in total. The van der Waals surface area contributed by atoms with Gasteiger partial charge >= 0.3 is 5.97 Å². The Morgan fingerprint density at radius 2 is 1.92 bits per heavy atom. The average molecular weight is 186 g/mol. The van der Waals surface area contributed by atoms with E-state index in [1.165, 1.54) is 6.92 Å². The summed E-state index contributed by atoms with van der Waals surface area (Å²) in [5, 5.41) is 0. The monoisotopic (exact) mass is 186 g/mol. The molecular formula is C10H18O3. The van der Waals surface area contributed by atoms with Crippen LogP contribution in [0, 0.1) is 5.92 Å². The number of ether oxygens (including phenoxy) is 1. The number of esters is 1. The molecule has 0 N–H and O–H groups in total. The molecule has 1 unspecified atom stereocenters. The van der Waals surface area contributed by atoms with Crippen molar-refractivity contribution >= 4 is 11.8 Å². The van der Waals surface area contributed by atoms with Crippen LogP contribution in [-0.2, 0) is 14.3 Å². The van der Waals surface area contributed by atoms with Gasteiger partial charge in [0, 0.05) is 13.3 Å². The molecule has 0 amide bonds. The van der Waals surface area contributed by atoms with Crippen LogP contribution in [0.15, 0.2) is 0 Å². The van der Waals surface area contributed by atoms with Crippen molar-refractivity contribution in [3.05, 3.63) is 0 Å². The molecule has 0 bridgehead atoms. The highest BCUT2D eigenvalue weighted by atomic mass is 16.5. The van der Waals surface area contributed by atoms with E-state index in [0.29, 0.717) is 18.9 Å². The van der Waals surface area contributed by atoms with Crippen LogP contribution in [0.3, 0.4) is 0 Å². The molecule has 0 aromatic rings. The molecule has 0 saturated heterocycles. The molecule has 0 spiro atoms. The maximum atomic E-state index is 10.6. The summed E-state index contributed by atoms with van der Waals surface area (Å²) in [6.45, 7) is 5.48. The van der Waals surface area contributed by atoms with Gasteiger partial charge < -0.3 is 9.53 Å². The fourth-order valence-corrected chi connectivity index (χ4v) is 1.04. The second kappa shape index (κ2) is 6.63. The van der Waals surface area contributed by atoms with Gasteiger partial charge in [-0.25, -0.2) is 0 Å². The zero-order chi connectivity index (χ0) is 10.3. The summed E-state index contributed by atoms with van der Waals surface area (Å²) in [7, 11) is 0. The van der Waals surface area contributed by atoms with Crippen LogP contribution >= 0.6 is 0 Å². The van der Waals surface area contributed by atoms with E-state index in [2.05, 4.69) is 0 Å². The van der Waals surface area contributed by atoms with Gasteiger partial charge in [-0.3, -0.25) is 4.79 Å².